The van der Waals surface area contributed by atoms with Crippen LogP contribution in [0.5, 0.6) is 0 Å². The summed E-state index contributed by atoms with van der Waals surface area (Å²) >= 11 is 1.29. The van der Waals surface area contributed by atoms with Gasteiger partial charge in [0.05, 0.1) is 10.6 Å². The van der Waals surface area contributed by atoms with E-state index < -0.39 is 10.0 Å². The molecule has 2 aromatic carbocycles. The second-order valence-electron chi connectivity index (χ2n) is 7.17. The molecule has 4 rings (SSSR count). The summed E-state index contributed by atoms with van der Waals surface area (Å²) in [5.74, 6) is 0.587. The number of hydrogen-bond donors (Lipinski definition) is 2. The second-order valence-corrected chi connectivity index (χ2v) is 9.93. The quantitative estimate of drug-likeness (QED) is 0.352. The predicted molar refractivity (Wildman–Crippen MR) is 127 cm³/mol. The van der Waals surface area contributed by atoms with E-state index in [0.29, 0.717) is 22.9 Å². The molecule has 1 amide bonds. The number of fused-ring (bicyclic) bond motifs is 1. The minimum atomic E-state index is -3.60. The van der Waals surface area contributed by atoms with Gasteiger partial charge in [0, 0.05) is 18.7 Å². The molecule has 0 saturated carbocycles. The number of carbonyl (C=O) groups is 1. The fourth-order valence-electron chi connectivity index (χ4n) is 3.07. The van der Waals surface area contributed by atoms with Gasteiger partial charge in [-0.05, 0) is 42.8 Å². The zero-order chi connectivity index (χ0) is 23.3. The number of rotatable bonds is 9. The summed E-state index contributed by atoms with van der Waals surface area (Å²) in [6, 6.07) is 19.3. The van der Waals surface area contributed by atoms with E-state index in [-0.39, 0.29) is 23.1 Å². The van der Waals surface area contributed by atoms with Crippen LogP contribution in [0.3, 0.4) is 0 Å². The number of hydrogen-bond acceptors (Lipinski definition) is 7. The smallest absolute Gasteiger partial charge is 0.240 e. The second kappa shape index (κ2) is 10.1. The van der Waals surface area contributed by atoms with Crippen LogP contribution < -0.4 is 10.0 Å². The molecule has 0 spiro atoms. The number of para-hydroxylation sites is 1. The molecular weight excluding hydrogens is 460 g/mol. The Morgan fingerprint density at radius 1 is 1.00 bits per heavy atom. The first-order valence-electron chi connectivity index (χ1n) is 10.2. The van der Waals surface area contributed by atoms with Crippen molar-refractivity contribution in [2.75, 3.05) is 17.6 Å². The number of amides is 1. The largest absolute Gasteiger partial charge is 0.325 e. The monoisotopic (exact) mass is 482 g/mol. The summed E-state index contributed by atoms with van der Waals surface area (Å²) in [4.78, 5) is 12.5. The van der Waals surface area contributed by atoms with E-state index in [1.54, 1.807) is 34.8 Å². The van der Waals surface area contributed by atoms with Crippen molar-refractivity contribution in [1.29, 1.82) is 0 Å². The number of thioether (sulfide) groups is 1. The van der Waals surface area contributed by atoms with Gasteiger partial charge in [0.25, 0.3) is 0 Å². The number of nitrogens with one attached hydrogen (secondary N) is 2. The molecule has 0 fully saturated rings. The molecule has 33 heavy (non-hydrogen) atoms. The van der Waals surface area contributed by atoms with Crippen LogP contribution in [0, 0.1) is 6.92 Å². The lowest BCUT2D eigenvalue weighted by molar-refractivity contribution is -0.113. The molecule has 0 unspecified atom stereocenters. The lowest BCUT2D eigenvalue weighted by Crippen LogP contribution is -2.26. The van der Waals surface area contributed by atoms with Gasteiger partial charge in [0.1, 0.15) is 5.03 Å². The first-order chi connectivity index (χ1) is 15.9. The molecule has 0 saturated heterocycles. The summed E-state index contributed by atoms with van der Waals surface area (Å²) in [6.45, 7) is 2.08. The molecule has 0 radical (unpaired) electrons. The normalized spacial score (nSPS) is 11.5. The van der Waals surface area contributed by atoms with Crippen LogP contribution in [-0.2, 0) is 21.2 Å². The molecule has 0 atom stereocenters. The zero-order valence-corrected chi connectivity index (χ0v) is 19.4. The van der Waals surface area contributed by atoms with Gasteiger partial charge in [-0.25, -0.2) is 13.1 Å². The maximum absolute atomic E-state index is 12.4. The molecule has 2 aromatic heterocycles. The van der Waals surface area contributed by atoms with Gasteiger partial charge in [0.15, 0.2) is 11.5 Å². The van der Waals surface area contributed by atoms with Crippen molar-refractivity contribution in [3.63, 3.8) is 0 Å². The number of aromatic nitrogens is 4. The number of sulfonamides is 1. The van der Waals surface area contributed by atoms with Crippen molar-refractivity contribution < 1.29 is 13.2 Å². The fourth-order valence-corrected chi connectivity index (χ4v) is 4.78. The maximum atomic E-state index is 12.4. The Hall–Kier alpha value is -3.28. The zero-order valence-electron chi connectivity index (χ0n) is 17.8. The van der Waals surface area contributed by atoms with Gasteiger partial charge in [-0.1, -0.05) is 48.2 Å². The Morgan fingerprint density at radius 3 is 2.55 bits per heavy atom. The number of aryl methyl sites for hydroxylation is 1. The number of carbonyl (C=O) groups excluding carboxylic acids is 1. The lowest BCUT2D eigenvalue weighted by Gasteiger charge is -2.08. The highest BCUT2D eigenvalue weighted by Gasteiger charge is 2.14. The molecule has 0 aliphatic heterocycles. The highest BCUT2D eigenvalue weighted by atomic mass is 32.2. The van der Waals surface area contributed by atoms with Gasteiger partial charge in [-0.15, -0.1) is 10.2 Å². The van der Waals surface area contributed by atoms with Crippen LogP contribution in [0.4, 0.5) is 5.69 Å². The maximum Gasteiger partial charge on any atom is 0.240 e. The average molecular weight is 483 g/mol. The first kappa shape index (κ1) is 22.9. The third-order valence-electron chi connectivity index (χ3n) is 4.77. The Balaban J connectivity index is 1.37. The summed E-state index contributed by atoms with van der Waals surface area (Å²) in [5.41, 5.74) is 2.32. The van der Waals surface area contributed by atoms with Crippen molar-refractivity contribution >= 4 is 39.0 Å². The Bertz CT molecular complexity index is 1370. The van der Waals surface area contributed by atoms with Gasteiger partial charge in [0.2, 0.25) is 15.9 Å². The molecule has 4 aromatic rings. The summed E-state index contributed by atoms with van der Waals surface area (Å²) in [5, 5.41) is 16.2. The lowest BCUT2D eigenvalue weighted by atomic mass is 10.2. The van der Waals surface area contributed by atoms with E-state index >= 15 is 0 Å². The van der Waals surface area contributed by atoms with Crippen LogP contribution in [0.2, 0.25) is 0 Å². The van der Waals surface area contributed by atoms with E-state index in [4.69, 9.17) is 0 Å². The number of anilines is 1. The molecule has 9 nitrogen and oxygen atoms in total. The number of nitrogens with zero attached hydrogens (tertiary/aromatic N) is 4. The van der Waals surface area contributed by atoms with E-state index in [0.717, 1.165) is 11.3 Å². The van der Waals surface area contributed by atoms with Crippen LogP contribution >= 0.6 is 11.8 Å². The SMILES string of the molecule is Cc1ccccc1NC(=O)CSc1ccc2nnc(CCNS(=O)(=O)c3ccccc3)n2n1. The summed E-state index contributed by atoms with van der Waals surface area (Å²) < 4.78 is 28.9. The molecule has 0 aliphatic rings. The van der Waals surface area contributed by atoms with Crippen molar-refractivity contribution in [1.82, 2.24) is 24.5 Å². The summed E-state index contributed by atoms with van der Waals surface area (Å²) in [7, 11) is -3.60. The average Bonchev–Trinajstić information content (AvgIpc) is 3.22. The highest BCUT2D eigenvalue weighted by Crippen LogP contribution is 2.18. The van der Waals surface area contributed by atoms with Gasteiger partial charge < -0.3 is 5.32 Å². The van der Waals surface area contributed by atoms with E-state index in [9.17, 15) is 13.2 Å². The standard InChI is InChI=1S/C22H22N6O3S2/c1-16-7-5-6-10-18(16)24-21(29)15-32-22-12-11-19-25-26-20(28(19)27-22)13-14-23-33(30,31)17-8-3-2-4-9-17/h2-12,23H,13-15H2,1H3,(H,24,29). The molecule has 170 valence electrons. The third kappa shape index (κ3) is 5.75. The third-order valence-corrected chi connectivity index (χ3v) is 7.16. The van der Waals surface area contributed by atoms with E-state index in [1.807, 2.05) is 31.2 Å². The Labute approximate surface area is 195 Å². The van der Waals surface area contributed by atoms with Crippen molar-refractivity contribution in [2.45, 2.75) is 23.3 Å². The molecule has 2 heterocycles. The van der Waals surface area contributed by atoms with Gasteiger partial charge in [-0.3, -0.25) is 4.79 Å². The Kier molecular flexibility index (Phi) is 7.02. The van der Waals surface area contributed by atoms with Gasteiger partial charge >= 0.3 is 0 Å². The van der Waals surface area contributed by atoms with Crippen LogP contribution in [-0.4, -0.2) is 46.4 Å². The number of benzene rings is 2. The molecule has 0 aliphatic carbocycles. The topological polar surface area (TPSA) is 118 Å². The minimum Gasteiger partial charge on any atom is -0.325 e. The van der Waals surface area contributed by atoms with E-state index in [2.05, 4.69) is 25.3 Å². The Morgan fingerprint density at radius 2 is 1.76 bits per heavy atom. The molecule has 2 N–H and O–H groups in total. The molecule has 0 bridgehead atoms. The first-order valence-corrected chi connectivity index (χ1v) is 12.6. The van der Waals surface area contributed by atoms with Gasteiger partial charge in [-0.2, -0.15) is 9.61 Å². The highest BCUT2D eigenvalue weighted by molar-refractivity contribution is 7.99. The van der Waals surface area contributed by atoms with E-state index in [1.165, 1.54) is 23.9 Å². The van der Waals surface area contributed by atoms with Crippen LogP contribution in [0.15, 0.2) is 76.7 Å². The van der Waals surface area contributed by atoms with Crippen LogP contribution in [0.1, 0.15) is 11.4 Å². The van der Waals surface area contributed by atoms with Crippen molar-refractivity contribution in [3.05, 3.63) is 78.1 Å². The van der Waals surface area contributed by atoms with Crippen LogP contribution in [0.25, 0.3) is 5.65 Å². The summed E-state index contributed by atoms with van der Waals surface area (Å²) in [6.07, 6.45) is 0.308. The van der Waals surface area contributed by atoms with Crippen molar-refractivity contribution in [3.8, 4) is 0 Å². The fraction of sp³-hybridized carbons (Fsp3) is 0.182. The van der Waals surface area contributed by atoms with Crippen molar-refractivity contribution in [2.24, 2.45) is 0 Å². The molecular formula is C22H22N6O3S2. The predicted octanol–water partition coefficient (Wildman–Crippen LogP) is 2.68. The molecule has 11 heteroatoms. The minimum absolute atomic E-state index is 0.129.